The highest BCUT2D eigenvalue weighted by Gasteiger charge is 2.17. The molecule has 0 spiro atoms. The van der Waals surface area contributed by atoms with E-state index in [1.165, 1.54) is 11.5 Å². The summed E-state index contributed by atoms with van der Waals surface area (Å²) in [5.41, 5.74) is 5.56. The van der Waals surface area contributed by atoms with Crippen molar-refractivity contribution in [1.29, 1.82) is 0 Å². The van der Waals surface area contributed by atoms with Crippen molar-refractivity contribution in [1.82, 2.24) is 9.36 Å². The van der Waals surface area contributed by atoms with Gasteiger partial charge in [0.05, 0.1) is 0 Å². The van der Waals surface area contributed by atoms with Gasteiger partial charge in [-0.15, -0.1) is 0 Å². The van der Waals surface area contributed by atoms with Crippen molar-refractivity contribution in [2.45, 2.75) is 26.7 Å². The first kappa shape index (κ1) is 12.2. The minimum atomic E-state index is 0.142. The van der Waals surface area contributed by atoms with Crippen molar-refractivity contribution in [3.63, 3.8) is 0 Å². The van der Waals surface area contributed by atoms with Crippen LogP contribution in [0.4, 0.5) is 11.1 Å². The second-order valence-electron chi connectivity index (χ2n) is 4.30. The average molecular weight is 230 g/mol. The van der Waals surface area contributed by atoms with E-state index in [4.69, 9.17) is 10.8 Å². The second-order valence-corrected chi connectivity index (χ2v) is 5.05. The highest BCUT2D eigenvalue weighted by molar-refractivity contribution is 7.09. The van der Waals surface area contributed by atoms with Gasteiger partial charge in [0.25, 0.3) is 0 Å². The lowest BCUT2D eigenvalue weighted by Gasteiger charge is -2.24. The standard InChI is InChI=1S/C9H18N4OS/c1-9(2,4-3-5-14)6-11-8-12-7(10)13-15-8/h14H,3-6H2,1-2H3,(H3,10,11,12,13). The zero-order valence-electron chi connectivity index (χ0n) is 9.16. The summed E-state index contributed by atoms with van der Waals surface area (Å²) in [6.07, 6.45) is 1.80. The largest absolute Gasteiger partial charge is 0.396 e. The number of rotatable bonds is 6. The van der Waals surface area contributed by atoms with Gasteiger partial charge in [0.2, 0.25) is 11.1 Å². The molecule has 0 amide bonds. The highest BCUT2D eigenvalue weighted by atomic mass is 32.1. The summed E-state index contributed by atoms with van der Waals surface area (Å²) in [6.45, 7) is 5.36. The van der Waals surface area contributed by atoms with Crippen molar-refractivity contribution >= 4 is 22.6 Å². The molecule has 0 aromatic carbocycles. The van der Waals surface area contributed by atoms with E-state index in [1.807, 2.05) is 0 Å². The van der Waals surface area contributed by atoms with E-state index >= 15 is 0 Å². The number of nitrogens with zero attached hydrogens (tertiary/aromatic N) is 2. The number of aromatic nitrogens is 2. The number of aliphatic hydroxyl groups is 1. The fraction of sp³-hybridized carbons (Fsp3) is 0.778. The molecule has 1 heterocycles. The van der Waals surface area contributed by atoms with E-state index in [0.717, 1.165) is 24.5 Å². The van der Waals surface area contributed by atoms with Crippen LogP contribution in [0.2, 0.25) is 0 Å². The van der Waals surface area contributed by atoms with Crippen LogP contribution in [-0.4, -0.2) is 27.6 Å². The van der Waals surface area contributed by atoms with Gasteiger partial charge in [-0.05, 0) is 18.3 Å². The number of anilines is 2. The Labute approximate surface area is 93.9 Å². The maximum atomic E-state index is 8.76. The van der Waals surface area contributed by atoms with E-state index < -0.39 is 0 Å². The van der Waals surface area contributed by atoms with Crippen LogP contribution in [0.15, 0.2) is 0 Å². The molecule has 0 bridgehead atoms. The minimum Gasteiger partial charge on any atom is -0.396 e. The second kappa shape index (κ2) is 5.27. The highest BCUT2D eigenvalue weighted by Crippen LogP contribution is 2.23. The minimum absolute atomic E-state index is 0.142. The van der Waals surface area contributed by atoms with Crippen molar-refractivity contribution < 1.29 is 5.11 Å². The SMILES string of the molecule is CC(C)(CCCO)CNc1nc(N)ns1. The number of nitrogens with one attached hydrogen (secondary N) is 1. The molecule has 0 atom stereocenters. The fourth-order valence-electron chi connectivity index (χ4n) is 1.27. The zero-order valence-corrected chi connectivity index (χ0v) is 9.97. The molecule has 1 rings (SSSR count). The molecule has 1 aromatic heterocycles. The molecule has 5 nitrogen and oxygen atoms in total. The normalized spacial score (nSPS) is 11.7. The van der Waals surface area contributed by atoms with E-state index in [2.05, 4.69) is 28.5 Å². The summed E-state index contributed by atoms with van der Waals surface area (Å²) in [7, 11) is 0. The summed E-state index contributed by atoms with van der Waals surface area (Å²) in [5, 5.41) is 12.7. The first-order valence-corrected chi connectivity index (χ1v) is 5.75. The van der Waals surface area contributed by atoms with Gasteiger partial charge in [0, 0.05) is 24.7 Å². The maximum absolute atomic E-state index is 8.76. The molecule has 6 heteroatoms. The molecule has 0 aliphatic rings. The molecule has 0 saturated carbocycles. The molecular weight excluding hydrogens is 212 g/mol. The fourth-order valence-corrected chi connectivity index (χ4v) is 1.76. The Kier molecular flexibility index (Phi) is 4.28. The Morgan fingerprint density at radius 3 is 2.80 bits per heavy atom. The molecule has 4 N–H and O–H groups in total. The third-order valence-corrected chi connectivity index (χ3v) is 2.86. The van der Waals surface area contributed by atoms with E-state index in [9.17, 15) is 0 Å². The number of nitrogens with two attached hydrogens (primary N) is 1. The van der Waals surface area contributed by atoms with Crippen molar-refractivity contribution in [2.24, 2.45) is 5.41 Å². The molecule has 0 aliphatic carbocycles. The molecule has 15 heavy (non-hydrogen) atoms. The average Bonchev–Trinajstić information content (AvgIpc) is 2.59. The number of hydrogen-bond donors (Lipinski definition) is 3. The summed E-state index contributed by atoms with van der Waals surface area (Å²) in [6, 6.07) is 0. The lowest BCUT2D eigenvalue weighted by molar-refractivity contribution is 0.248. The molecular formula is C9H18N4OS. The molecule has 86 valence electrons. The summed E-state index contributed by atoms with van der Waals surface area (Å²) >= 11 is 1.27. The van der Waals surface area contributed by atoms with Gasteiger partial charge in [0.1, 0.15) is 0 Å². The Morgan fingerprint density at radius 1 is 1.53 bits per heavy atom. The van der Waals surface area contributed by atoms with E-state index in [1.54, 1.807) is 0 Å². The van der Waals surface area contributed by atoms with Crippen LogP contribution >= 0.6 is 11.5 Å². The Hall–Kier alpha value is -0.880. The predicted octanol–water partition coefficient (Wildman–Crippen LogP) is 1.33. The van der Waals surface area contributed by atoms with Gasteiger partial charge in [-0.1, -0.05) is 13.8 Å². The Morgan fingerprint density at radius 2 is 2.27 bits per heavy atom. The maximum Gasteiger partial charge on any atom is 0.233 e. The summed E-state index contributed by atoms with van der Waals surface area (Å²) in [4.78, 5) is 4.02. The molecule has 0 fully saturated rings. The topological polar surface area (TPSA) is 84.1 Å². The molecule has 0 unspecified atom stereocenters. The van der Waals surface area contributed by atoms with Crippen LogP contribution in [0.3, 0.4) is 0 Å². The van der Waals surface area contributed by atoms with Crippen LogP contribution in [0.1, 0.15) is 26.7 Å². The lowest BCUT2D eigenvalue weighted by atomic mass is 9.88. The number of aliphatic hydroxyl groups excluding tert-OH is 1. The molecule has 0 aliphatic heterocycles. The van der Waals surface area contributed by atoms with Gasteiger partial charge in [-0.25, -0.2) is 0 Å². The molecule has 0 saturated heterocycles. The number of hydrogen-bond acceptors (Lipinski definition) is 6. The van der Waals surface area contributed by atoms with Crippen LogP contribution in [0.25, 0.3) is 0 Å². The predicted molar refractivity (Wildman–Crippen MR) is 62.9 cm³/mol. The van der Waals surface area contributed by atoms with Crippen molar-refractivity contribution in [2.75, 3.05) is 24.2 Å². The van der Waals surface area contributed by atoms with Crippen molar-refractivity contribution in [3.8, 4) is 0 Å². The van der Waals surface area contributed by atoms with E-state index in [-0.39, 0.29) is 12.0 Å². The third kappa shape index (κ3) is 4.44. The number of nitrogen functional groups attached to an aromatic ring is 1. The quantitative estimate of drug-likeness (QED) is 0.686. The van der Waals surface area contributed by atoms with Crippen LogP contribution < -0.4 is 11.1 Å². The third-order valence-electron chi connectivity index (χ3n) is 2.17. The van der Waals surface area contributed by atoms with Gasteiger partial charge in [-0.2, -0.15) is 9.36 Å². The van der Waals surface area contributed by atoms with E-state index in [0.29, 0.717) is 5.95 Å². The summed E-state index contributed by atoms with van der Waals surface area (Å²) in [5.74, 6) is 0.315. The van der Waals surface area contributed by atoms with Crippen LogP contribution in [-0.2, 0) is 0 Å². The Bertz CT molecular complexity index is 300. The molecule has 1 aromatic rings. The smallest absolute Gasteiger partial charge is 0.233 e. The summed E-state index contributed by atoms with van der Waals surface area (Å²) < 4.78 is 3.89. The first-order valence-electron chi connectivity index (χ1n) is 4.97. The van der Waals surface area contributed by atoms with Crippen molar-refractivity contribution in [3.05, 3.63) is 0 Å². The first-order chi connectivity index (χ1) is 7.03. The van der Waals surface area contributed by atoms with Crippen LogP contribution in [0, 0.1) is 5.41 Å². The monoisotopic (exact) mass is 230 g/mol. The van der Waals surface area contributed by atoms with Crippen LogP contribution in [0.5, 0.6) is 0 Å². The van der Waals surface area contributed by atoms with Gasteiger partial charge >= 0.3 is 0 Å². The van der Waals surface area contributed by atoms with Gasteiger partial charge in [0.15, 0.2) is 0 Å². The van der Waals surface area contributed by atoms with Gasteiger partial charge in [-0.3, -0.25) is 0 Å². The lowest BCUT2D eigenvalue weighted by Crippen LogP contribution is -2.23. The van der Waals surface area contributed by atoms with Gasteiger partial charge < -0.3 is 16.2 Å². The Balaban J connectivity index is 2.35. The molecule has 0 radical (unpaired) electrons. The zero-order chi connectivity index (χ0) is 11.3.